The highest BCUT2D eigenvalue weighted by Crippen LogP contribution is 2.37. The van der Waals surface area contributed by atoms with Gasteiger partial charge in [-0.05, 0) is 38.1 Å². The third kappa shape index (κ3) is 4.34. The molecule has 2 aliphatic rings. The van der Waals surface area contributed by atoms with Crippen molar-refractivity contribution in [1.82, 2.24) is 5.32 Å². The van der Waals surface area contributed by atoms with Gasteiger partial charge in [0.2, 0.25) is 11.8 Å². The summed E-state index contributed by atoms with van der Waals surface area (Å²) in [5.41, 5.74) is 2.80. The van der Waals surface area contributed by atoms with Crippen LogP contribution in [0.4, 0.5) is 5.69 Å². The topological polar surface area (TPSA) is 76.7 Å². The largest absolute Gasteiger partial charge is 0.494 e. The molecule has 6 nitrogen and oxygen atoms in total. The van der Waals surface area contributed by atoms with E-state index in [0.29, 0.717) is 13.2 Å². The van der Waals surface area contributed by atoms with E-state index in [1.807, 2.05) is 50.2 Å². The molecule has 7 heteroatoms. The first-order valence-electron chi connectivity index (χ1n) is 9.82. The van der Waals surface area contributed by atoms with E-state index in [-0.39, 0.29) is 24.3 Å². The zero-order chi connectivity index (χ0) is 20.4. The quantitative estimate of drug-likeness (QED) is 0.759. The zero-order valence-corrected chi connectivity index (χ0v) is 17.3. The Bertz CT molecular complexity index is 946. The van der Waals surface area contributed by atoms with Crippen LogP contribution < -0.4 is 20.1 Å². The van der Waals surface area contributed by atoms with E-state index in [9.17, 15) is 9.59 Å². The van der Waals surface area contributed by atoms with Gasteiger partial charge in [0.25, 0.3) is 0 Å². The predicted octanol–water partition coefficient (Wildman–Crippen LogP) is 3.53. The maximum absolute atomic E-state index is 12.5. The Morgan fingerprint density at radius 1 is 1.34 bits per heavy atom. The van der Waals surface area contributed by atoms with Gasteiger partial charge < -0.3 is 20.1 Å². The molecular weight excluding hydrogens is 388 g/mol. The molecule has 2 amide bonds. The fourth-order valence-electron chi connectivity index (χ4n) is 3.57. The maximum atomic E-state index is 12.5. The highest BCUT2D eigenvalue weighted by Gasteiger charge is 2.29. The number of hydrogen-bond acceptors (Lipinski definition) is 5. The molecule has 29 heavy (non-hydrogen) atoms. The van der Waals surface area contributed by atoms with Crippen LogP contribution in [0.2, 0.25) is 0 Å². The monoisotopic (exact) mass is 412 g/mol. The van der Waals surface area contributed by atoms with Crippen molar-refractivity contribution in [2.24, 2.45) is 0 Å². The lowest BCUT2D eigenvalue weighted by Crippen LogP contribution is -2.34. The summed E-state index contributed by atoms with van der Waals surface area (Å²) in [6.45, 7) is 4.85. The second-order valence-electron chi connectivity index (χ2n) is 7.21. The number of ether oxygens (including phenoxy) is 2. The van der Waals surface area contributed by atoms with Gasteiger partial charge in [0, 0.05) is 35.4 Å². The maximum Gasteiger partial charge on any atom is 0.238 e. The number of hydrogen-bond donors (Lipinski definition) is 2. The molecule has 0 unspecified atom stereocenters. The lowest BCUT2D eigenvalue weighted by Gasteiger charge is -2.23. The van der Waals surface area contributed by atoms with Crippen LogP contribution in [0.5, 0.6) is 11.5 Å². The molecule has 0 aromatic heterocycles. The van der Waals surface area contributed by atoms with Gasteiger partial charge in [-0.15, -0.1) is 11.8 Å². The molecule has 0 bridgehead atoms. The molecule has 4 rings (SSSR count). The van der Waals surface area contributed by atoms with Crippen LogP contribution in [0.25, 0.3) is 0 Å². The Balaban J connectivity index is 1.40. The molecule has 0 fully saturated rings. The van der Waals surface area contributed by atoms with Crippen LogP contribution in [0.1, 0.15) is 31.4 Å². The van der Waals surface area contributed by atoms with Crippen molar-refractivity contribution in [2.45, 2.75) is 49.5 Å². The molecule has 2 aromatic rings. The molecule has 2 aliphatic heterocycles. The number of para-hydroxylation sites is 1. The van der Waals surface area contributed by atoms with Gasteiger partial charge in [0.05, 0.1) is 17.5 Å². The summed E-state index contributed by atoms with van der Waals surface area (Å²) in [7, 11) is 0. The van der Waals surface area contributed by atoms with Crippen LogP contribution in [-0.2, 0) is 22.6 Å². The fourth-order valence-corrected chi connectivity index (χ4v) is 4.68. The molecule has 2 aromatic carbocycles. The average Bonchev–Trinajstić information content (AvgIpc) is 3.06. The summed E-state index contributed by atoms with van der Waals surface area (Å²) >= 11 is 1.43. The van der Waals surface area contributed by atoms with Crippen molar-refractivity contribution in [3.05, 3.63) is 47.5 Å². The Labute approximate surface area is 174 Å². The molecule has 0 radical (unpaired) electrons. The molecule has 0 saturated heterocycles. The number of carbonyl (C=O) groups is 2. The summed E-state index contributed by atoms with van der Waals surface area (Å²) in [4.78, 5) is 25.8. The van der Waals surface area contributed by atoms with E-state index in [2.05, 4.69) is 10.6 Å². The third-order valence-electron chi connectivity index (χ3n) is 4.93. The van der Waals surface area contributed by atoms with E-state index in [1.165, 1.54) is 11.8 Å². The first-order chi connectivity index (χ1) is 14.0. The van der Waals surface area contributed by atoms with Crippen LogP contribution in [-0.4, -0.2) is 29.8 Å². The van der Waals surface area contributed by atoms with E-state index in [1.54, 1.807) is 0 Å². The lowest BCUT2D eigenvalue weighted by molar-refractivity contribution is -0.124. The van der Waals surface area contributed by atoms with Crippen molar-refractivity contribution >= 4 is 29.3 Å². The number of amides is 2. The third-order valence-corrected chi connectivity index (χ3v) is 6.21. The number of nitrogens with one attached hydrogen (secondary N) is 2. The van der Waals surface area contributed by atoms with E-state index < -0.39 is 5.25 Å². The Hall–Kier alpha value is -2.67. The minimum Gasteiger partial charge on any atom is -0.494 e. The minimum absolute atomic E-state index is 0.118. The van der Waals surface area contributed by atoms with Crippen molar-refractivity contribution in [2.75, 3.05) is 11.9 Å². The zero-order valence-electron chi connectivity index (χ0n) is 16.5. The van der Waals surface area contributed by atoms with Gasteiger partial charge in [0.1, 0.15) is 17.6 Å². The Morgan fingerprint density at radius 3 is 3.00 bits per heavy atom. The first-order valence-corrected chi connectivity index (χ1v) is 10.7. The van der Waals surface area contributed by atoms with Crippen molar-refractivity contribution in [3.8, 4) is 11.5 Å². The van der Waals surface area contributed by atoms with E-state index >= 15 is 0 Å². The summed E-state index contributed by atoms with van der Waals surface area (Å²) < 4.78 is 11.6. The van der Waals surface area contributed by atoms with Gasteiger partial charge >= 0.3 is 0 Å². The fraction of sp³-hybridized carbons (Fsp3) is 0.364. The number of thioether (sulfide) groups is 1. The summed E-state index contributed by atoms with van der Waals surface area (Å²) in [5.74, 6) is 1.31. The number of benzene rings is 2. The summed E-state index contributed by atoms with van der Waals surface area (Å²) in [5, 5.41) is 5.35. The van der Waals surface area contributed by atoms with Crippen LogP contribution in [0.3, 0.4) is 0 Å². The Kier molecular flexibility index (Phi) is 5.67. The standard InChI is InChI=1S/C22H24N2O4S/c1-3-27-17-9-14-8-13(2)28-18(14)10-15(17)12-23-21(25)11-20-22(26)24-16-6-4-5-7-19(16)29-20/h4-7,9-10,13,20H,3,8,11-12H2,1-2H3,(H,23,25)(H,24,26)/t13-,20+/m1/s1. The van der Waals surface area contributed by atoms with Gasteiger partial charge in [0.15, 0.2) is 0 Å². The van der Waals surface area contributed by atoms with Crippen molar-refractivity contribution in [3.63, 3.8) is 0 Å². The molecule has 0 spiro atoms. The second-order valence-corrected chi connectivity index (χ2v) is 8.45. The lowest BCUT2D eigenvalue weighted by atomic mass is 10.1. The first kappa shape index (κ1) is 19.6. The predicted molar refractivity (Wildman–Crippen MR) is 113 cm³/mol. The number of anilines is 1. The van der Waals surface area contributed by atoms with Gasteiger partial charge in [-0.2, -0.15) is 0 Å². The second kappa shape index (κ2) is 8.37. The highest BCUT2D eigenvalue weighted by atomic mass is 32.2. The van der Waals surface area contributed by atoms with E-state index in [0.717, 1.165) is 39.6 Å². The highest BCUT2D eigenvalue weighted by molar-refractivity contribution is 8.01. The van der Waals surface area contributed by atoms with Crippen LogP contribution >= 0.6 is 11.8 Å². The van der Waals surface area contributed by atoms with Crippen LogP contribution in [0.15, 0.2) is 41.3 Å². The normalized spacial score (nSPS) is 19.6. The van der Waals surface area contributed by atoms with Gasteiger partial charge in [-0.3, -0.25) is 9.59 Å². The number of rotatable bonds is 6. The SMILES string of the molecule is CCOc1cc2c(cc1CNC(=O)C[C@@H]1Sc3ccccc3NC1=O)O[C@H](C)C2. The average molecular weight is 413 g/mol. The van der Waals surface area contributed by atoms with Gasteiger partial charge in [-0.1, -0.05) is 12.1 Å². The number of carbonyl (C=O) groups excluding carboxylic acids is 2. The minimum atomic E-state index is -0.444. The molecule has 152 valence electrons. The van der Waals surface area contributed by atoms with Crippen molar-refractivity contribution in [1.29, 1.82) is 0 Å². The molecule has 0 saturated carbocycles. The molecule has 2 N–H and O–H groups in total. The summed E-state index contributed by atoms with van der Waals surface area (Å²) in [6, 6.07) is 11.6. The molecular formula is C22H24N2O4S. The smallest absolute Gasteiger partial charge is 0.238 e. The van der Waals surface area contributed by atoms with Crippen LogP contribution in [0, 0.1) is 0 Å². The summed E-state index contributed by atoms with van der Waals surface area (Å²) in [6.07, 6.45) is 1.12. The van der Waals surface area contributed by atoms with Gasteiger partial charge in [-0.25, -0.2) is 0 Å². The Morgan fingerprint density at radius 2 is 2.17 bits per heavy atom. The molecule has 2 heterocycles. The van der Waals surface area contributed by atoms with E-state index in [4.69, 9.17) is 9.47 Å². The number of fused-ring (bicyclic) bond motifs is 2. The molecule has 2 atom stereocenters. The molecule has 0 aliphatic carbocycles. The van der Waals surface area contributed by atoms with Crippen molar-refractivity contribution < 1.29 is 19.1 Å².